The van der Waals surface area contributed by atoms with Crippen LogP contribution in [0.4, 0.5) is 10.1 Å². The molecule has 0 bridgehead atoms. The van der Waals surface area contributed by atoms with Crippen molar-refractivity contribution in [2.24, 2.45) is 5.73 Å². The van der Waals surface area contributed by atoms with E-state index in [1.54, 1.807) is 6.07 Å². The van der Waals surface area contributed by atoms with Crippen molar-refractivity contribution in [2.45, 2.75) is 38.6 Å². The Morgan fingerprint density at radius 1 is 1.18 bits per heavy atom. The Morgan fingerprint density at radius 3 is 2.41 bits per heavy atom. The van der Waals surface area contributed by atoms with Gasteiger partial charge in [0.15, 0.2) is 0 Å². The molecule has 0 saturated carbocycles. The van der Waals surface area contributed by atoms with Crippen molar-refractivity contribution < 1.29 is 4.39 Å². The fourth-order valence-corrected chi connectivity index (χ4v) is 2.49. The molecule has 1 unspecified atom stereocenters. The highest BCUT2D eigenvalue weighted by atomic mass is 19.1. The van der Waals surface area contributed by atoms with Crippen molar-refractivity contribution >= 4 is 5.69 Å². The van der Waals surface area contributed by atoms with E-state index in [9.17, 15) is 4.39 Å². The number of nitrogens with two attached hydrogens (primary N) is 1. The minimum Gasteiger partial charge on any atom is -0.371 e. The summed E-state index contributed by atoms with van der Waals surface area (Å²) in [6.45, 7) is 4.03. The van der Waals surface area contributed by atoms with Crippen LogP contribution in [0.25, 0.3) is 0 Å². The van der Waals surface area contributed by atoms with Crippen LogP contribution in [0.2, 0.25) is 0 Å². The van der Waals surface area contributed by atoms with Gasteiger partial charge in [-0.2, -0.15) is 0 Å². The fourth-order valence-electron chi connectivity index (χ4n) is 2.49. The van der Waals surface area contributed by atoms with Crippen LogP contribution in [0.15, 0.2) is 18.2 Å². The van der Waals surface area contributed by atoms with Gasteiger partial charge in [-0.1, -0.05) is 12.8 Å². The Morgan fingerprint density at radius 2 is 1.82 bits per heavy atom. The minimum atomic E-state index is -0.198. The second kappa shape index (κ2) is 5.50. The highest BCUT2D eigenvalue weighted by Gasteiger charge is 2.15. The first-order valence-electron chi connectivity index (χ1n) is 6.48. The van der Waals surface area contributed by atoms with E-state index in [1.165, 1.54) is 31.7 Å². The van der Waals surface area contributed by atoms with E-state index in [-0.39, 0.29) is 11.9 Å². The van der Waals surface area contributed by atoms with Crippen molar-refractivity contribution in [2.75, 3.05) is 18.0 Å². The Hall–Kier alpha value is -1.09. The second-order valence-electron chi connectivity index (χ2n) is 4.89. The number of halogens is 1. The normalized spacial score (nSPS) is 18.9. The van der Waals surface area contributed by atoms with Gasteiger partial charge in [0.1, 0.15) is 5.82 Å². The average Bonchev–Trinajstić information content (AvgIpc) is 2.57. The topological polar surface area (TPSA) is 29.3 Å². The summed E-state index contributed by atoms with van der Waals surface area (Å²) in [4.78, 5) is 2.35. The fraction of sp³-hybridized carbons (Fsp3) is 0.571. The molecule has 2 nitrogen and oxygen atoms in total. The van der Waals surface area contributed by atoms with E-state index in [2.05, 4.69) is 4.90 Å². The molecule has 94 valence electrons. The molecule has 3 heteroatoms. The van der Waals surface area contributed by atoms with Crippen LogP contribution in [0.1, 0.15) is 44.2 Å². The zero-order valence-electron chi connectivity index (χ0n) is 10.5. The van der Waals surface area contributed by atoms with E-state index >= 15 is 0 Å². The summed E-state index contributed by atoms with van der Waals surface area (Å²) in [5.41, 5.74) is 7.97. The molecule has 1 heterocycles. The number of hydrogen-bond donors (Lipinski definition) is 1. The van der Waals surface area contributed by atoms with E-state index in [1.807, 2.05) is 13.0 Å². The van der Waals surface area contributed by atoms with Crippen molar-refractivity contribution in [1.29, 1.82) is 0 Å². The van der Waals surface area contributed by atoms with Crippen LogP contribution in [0.3, 0.4) is 0 Å². The summed E-state index contributed by atoms with van der Waals surface area (Å²) in [5.74, 6) is -0.198. The van der Waals surface area contributed by atoms with Gasteiger partial charge in [0.25, 0.3) is 0 Å². The summed E-state index contributed by atoms with van der Waals surface area (Å²) in [5, 5.41) is 0. The highest BCUT2D eigenvalue weighted by molar-refractivity contribution is 5.55. The monoisotopic (exact) mass is 236 g/mol. The Kier molecular flexibility index (Phi) is 4.00. The lowest BCUT2D eigenvalue weighted by molar-refractivity contribution is 0.621. The molecule has 0 amide bonds. The molecule has 1 atom stereocenters. The third-order valence-electron chi connectivity index (χ3n) is 3.43. The number of rotatable bonds is 2. The van der Waals surface area contributed by atoms with Gasteiger partial charge in [0, 0.05) is 24.8 Å². The maximum absolute atomic E-state index is 13.3. The maximum atomic E-state index is 13.3. The summed E-state index contributed by atoms with van der Waals surface area (Å²) in [7, 11) is 0. The van der Waals surface area contributed by atoms with Gasteiger partial charge >= 0.3 is 0 Å². The first-order valence-corrected chi connectivity index (χ1v) is 6.48. The molecule has 1 aliphatic rings. The molecule has 1 fully saturated rings. The van der Waals surface area contributed by atoms with Crippen LogP contribution in [0, 0.1) is 5.82 Å². The molecule has 17 heavy (non-hydrogen) atoms. The lowest BCUT2D eigenvalue weighted by Crippen LogP contribution is -2.26. The SMILES string of the molecule is CC(N)c1cc(F)ccc1N1CCCCCC1. The van der Waals surface area contributed by atoms with E-state index < -0.39 is 0 Å². The molecule has 2 rings (SSSR count). The number of benzene rings is 1. The molecule has 0 spiro atoms. The van der Waals surface area contributed by atoms with Crippen LogP contribution in [0.5, 0.6) is 0 Å². The molecule has 0 aliphatic carbocycles. The summed E-state index contributed by atoms with van der Waals surface area (Å²) in [6, 6.07) is 4.86. The third kappa shape index (κ3) is 2.97. The number of hydrogen-bond acceptors (Lipinski definition) is 2. The van der Waals surface area contributed by atoms with Gasteiger partial charge in [0.2, 0.25) is 0 Å². The maximum Gasteiger partial charge on any atom is 0.123 e. The molecule has 1 aromatic rings. The molecule has 1 aliphatic heterocycles. The zero-order chi connectivity index (χ0) is 12.3. The zero-order valence-corrected chi connectivity index (χ0v) is 10.5. The number of anilines is 1. The lowest BCUT2D eigenvalue weighted by atomic mass is 10.1. The molecule has 0 aromatic heterocycles. The van der Waals surface area contributed by atoms with Gasteiger partial charge in [-0.3, -0.25) is 0 Å². The Bertz CT molecular complexity index is 368. The molecular formula is C14H21FN2. The predicted octanol–water partition coefficient (Wildman–Crippen LogP) is 3.23. The van der Waals surface area contributed by atoms with Gasteiger partial charge in [-0.05, 0) is 43.5 Å². The standard InChI is InChI=1S/C14H21FN2/c1-11(16)13-10-12(15)6-7-14(13)17-8-4-2-3-5-9-17/h6-7,10-11H,2-5,8-9,16H2,1H3. The largest absolute Gasteiger partial charge is 0.371 e. The highest BCUT2D eigenvalue weighted by Crippen LogP contribution is 2.28. The smallest absolute Gasteiger partial charge is 0.123 e. The van der Waals surface area contributed by atoms with Crippen molar-refractivity contribution in [1.82, 2.24) is 0 Å². The second-order valence-corrected chi connectivity index (χ2v) is 4.89. The minimum absolute atomic E-state index is 0.121. The van der Waals surface area contributed by atoms with Gasteiger partial charge in [0.05, 0.1) is 0 Å². The van der Waals surface area contributed by atoms with Crippen molar-refractivity contribution in [3.63, 3.8) is 0 Å². The van der Waals surface area contributed by atoms with Crippen LogP contribution >= 0.6 is 0 Å². The average molecular weight is 236 g/mol. The first kappa shape index (κ1) is 12.4. The summed E-state index contributed by atoms with van der Waals surface area (Å²) < 4.78 is 13.3. The molecule has 1 aromatic carbocycles. The molecular weight excluding hydrogens is 215 g/mol. The Labute approximate surface area is 103 Å². The third-order valence-corrected chi connectivity index (χ3v) is 3.43. The van der Waals surface area contributed by atoms with Crippen molar-refractivity contribution in [3.8, 4) is 0 Å². The quantitative estimate of drug-likeness (QED) is 0.854. The van der Waals surface area contributed by atoms with Gasteiger partial charge in [-0.15, -0.1) is 0 Å². The first-order chi connectivity index (χ1) is 8.18. The molecule has 1 saturated heterocycles. The summed E-state index contributed by atoms with van der Waals surface area (Å²) in [6.07, 6.45) is 5.03. The predicted molar refractivity (Wildman–Crippen MR) is 69.7 cm³/mol. The van der Waals surface area contributed by atoms with E-state index in [4.69, 9.17) is 5.73 Å². The van der Waals surface area contributed by atoms with E-state index in [0.717, 1.165) is 24.3 Å². The lowest BCUT2D eigenvalue weighted by Gasteiger charge is -2.26. The molecule has 2 N–H and O–H groups in total. The molecule has 0 radical (unpaired) electrons. The van der Waals surface area contributed by atoms with Gasteiger partial charge < -0.3 is 10.6 Å². The van der Waals surface area contributed by atoms with Crippen LogP contribution in [-0.2, 0) is 0 Å². The van der Waals surface area contributed by atoms with Crippen LogP contribution in [-0.4, -0.2) is 13.1 Å². The van der Waals surface area contributed by atoms with Crippen molar-refractivity contribution in [3.05, 3.63) is 29.6 Å². The van der Waals surface area contributed by atoms with E-state index in [0.29, 0.717) is 0 Å². The number of nitrogens with zero attached hydrogens (tertiary/aromatic N) is 1. The van der Waals surface area contributed by atoms with Gasteiger partial charge in [-0.25, -0.2) is 4.39 Å². The Balaban J connectivity index is 2.29. The van der Waals surface area contributed by atoms with Crippen LogP contribution < -0.4 is 10.6 Å². The summed E-state index contributed by atoms with van der Waals surface area (Å²) >= 11 is 0.